The second-order valence-electron chi connectivity index (χ2n) is 6.04. The van der Waals surface area contributed by atoms with Gasteiger partial charge in [0.05, 0.1) is 6.10 Å². The van der Waals surface area contributed by atoms with Crippen LogP contribution in [0, 0.1) is 12.8 Å². The fraction of sp³-hybridized carbons (Fsp3) is 0.647. The molecule has 1 aliphatic carbocycles. The quantitative estimate of drug-likeness (QED) is 0.875. The van der Waals surface area contributed by atoms with Gasteiger partial charge in [-0.2, -0.15) is 0 Å². The van der Waals surface area contributed by atoms with Gasteiger partial charge in [-0.15, -0.1) is 0 Å². The van der Waals surface area contributed by atoms with Crippen molar-refractivity contribution in [3.63, 3.8) is 0 Å². The summed E-state index contributed by atoms with van der Waals surface area (Å²) in [5.74, 6) is 1.94. The van der Waals surface area contributed by atoms with Crippen molar-refractivity contribution in [2.24, 2.45) is 5.92 Å². The lowest BCUT2D eigenvalue weighted by Gasteiger charge is -2.27. The van der Waals surface area contributed by atoms with Crippen LogP contribution in [0.25, 0.3) is 0 Å². The third-order valence-corrected chi connectivity index (χ3v) is 4.39. The van der Waals surface area contributed by atoms with E-state index in [0.29, 0.717) is 12.1 Å². The van der Waals surface area contributed by atoms with Gasteiger partial charge < -0.3 is 10.1 Å². The van der Waals surface area contributed by atoms with Crippen molar-refractivity contribution in [1.29, 1.82) is 0 Å². The molecule has 0 aliphatic heterocycles. The Hall–Kier alpha value is -1.02. The summed E-state index contributed by atoms with van der Waals surface area (Å²) in [5.41, 5.74) is 2.57. The van der Waals surface area contributed by atoms with Gasteiger partial charge >= 0.3 is 0 Å². The van der Waals surface area contributed by atoms with Gasteiger partial charge in [0.2, 0.25) is 0 Å². The molecule has 0 saturated heterocycles. The average Bonchev–Trinajstić information content (AvgIpc) is 2.42. The van der Waals surface area contributed by atoms with Crippen molar-refractivity contribution >= 4 is 0 Å². The minimum atomic E-state index is 0.392. The monoisotopic (exact) mass is 261 g/mol. The van der Waals surface area contributed by atoms with Crippen molar-refractivity contribution in [2.75, 3.05) is 7.05 Å². The van der Waals surface area contributed by atoms with Crippen molar-refractivity contribution in [3.05, 3.63) is 29.3 Å². The van der Waals surface area contributed by atoms with Gasteiger partial charge in [0, 0.05) is 6.04 Å². The van der Waals surface area contributed by atoms with Crippen LogP contribution in [-0.2, 0) is 0 Å². The predicted molar refractivity (Wildman–Crippen MR) is 80.7 cm³/mol. The zero-order valence-corrected chi connectivity index (χ0v) is 12.7. The lowest BCUT2D eigenvalue weighted by molar-refractivity contribution is 0.134. The molecule has 2 rings (SSSR count). The summed E-state index contributed by atoms with van der Waals surface area (Å²) in [5, 5.41) is 3.27. The minimum Gasteiger partial charge on any atom is -0.490 e. The molecule has 1 aliphatic rings. The van der Waals surface area contributed by atoms with E-state index in [2.05, 4.69) is 44.3 Å². The fourth-order valence-electron chi connectivity index (χ4n) is 2.77. The smallest absolute Gasteiger partial charge is 0.122 e. The van der Waals surface area contributed by atoms with E-state index in [4.69, 9.17) is 4.74 Å². The Labute approximate surface area is 117 Å². The molecule has 0 radical (unpaired) electrons. The summed E-state index contributed by atoms with van der Waals surface area (Å²) >= 11 is 0. The highest BCUT2D eigenvalue weighted by molar-refractivity contribution is 5.37. The van der Waals surface area contributed by atoms with Gasteiger partial charge in [-0.05, 0) is 69.7 Å². The third-order valence-electron chi connectivity index (χ3n) is 4.39. The minimum absolute atomic E-state index is 0.392. The largest absolute Gasteiger partial charge is 0.490 e. The van der Waals surface area contributed by atoms with Crippen LogP contribution in [0.4, 0.5) is 0 Å². The van der Waals surface area contributed by atoms with E-state index in [1.807, 2.05) is 7.05 Å². The van der Waals surface area contributed by atoms with Crippen molar-refractivity contribution in [3.8, 4) is 5.75 Å². The lowest BCUT2D eigenvalue weighted by Crippen LogP contribution is -2.23. The van der Waals surface area contributed by atoms with E-state index in [1.165, 1.54) is 36.8 Å². The molecule has 1 fully saturated rings. The van der Waals surface area contributed by atoms with Gasteiger partial charge in [-0.25, -0.2) is 0 Å². The van der Waals surface area contributed by atoms with Gasteiger partial charge in [0.15, 0.2) is 0 Å². The Balaban J connectivity index is 2.01. The molecule has 1 aromatic carbocycles. The molecule has 0 heterocycles. The molecule has 106 valence electrons. The van der Waals surface area contributed by atoms with Gasteiger partial charge in [-0.1, -0.05) is 19.1 Å². The molecule has 1 saturated carbocycles. The first-order valence-corrected chi connectivity index (χ1v) is 7.54. The second-order valence-corrected chi connectivity index (χ2v) is 6.04. The molecule has 19 heavy (non-hydrogen) atoms. The molecule has 0 bridgehead atoms. The van der Waals surface area contributed by atoms with Crippen LogP contribution < -0.4 is 10.1 Å². The Morgan fingerprint density at radius 1 is 1.21 bits per heavy atom. The molecule has 1 aromatic rings. The van der Waals surface area contributed by atoms with Gasteiger partial charge in [0.1, 0.15) is 5.75 Å². The van der Waals surface area contributed by atoms with Gasteiger partial charge in [0.25, 0.3) is 0 Å². The second kappa shape index (κ2) is 6.42. The maximum Gasteiger partial charge on any atom is 0.122 e. The number of benzene rings is 1. The number of nitrogens with one attached hydrogen (secondary N) is 1. The molecule has 1 unspecified atom stereocenters. The van der Waals surface area contributed by atoms with Crippen LogP contribution >= 0.6 is 0 Å². The number of hydrogen-bond acceptors (Lipinski definition) is 2. The molecule has 1 atom stereocenters. The van der Waals surface area contributed by atoms with Crippen LogP contribution in [0.3, 0.4) is 0 Å². The maximum absolute atomic E-state index is 6.18. The number of aryl methyl sites for hydroxylation is 1. The first kappa shape index (κ1) is 14.4. The molecule has 0 spiro atoms. The van der Waals surface area contributed by atoms with Crippen molar-refractivity contribution < 1.29 is 4.74 Å². The number of ether oxygens (including phenoxy) is 1. The normalized spacial score (nSPS) is 25.1. The number of rotatable bonds is 4. The summed E-state index contributed by atoms with van der Waals surface area (Å²) < 4.78 is 6.18. The predicted octanol–water partition coefficient (Wildman–Crippen LogP) is 4.23. The van der Waals surface area contributed by atoms with E-state index in [9.17, 15) is 0 Å². The summed E-state index contributed by atoms with van der Waals surface area (Å²) in [7, 11) is 1.99. The highest BCUT2D eigenvalue weighted by Crippen LogP contribution is 2.29. The van der Waals surface area contributed by atoms with Gasteiger partial charge in [-0.3, -0.25) is 0 Å². The highest BCUT2D eigenvalue weighted by Gasteiger charge is 2.20. The van der Waals surface area contributed by atoms with E-state index in [-0.39, 0.29) is 0 Å². The average molecular weight is 261 g/mol. The molecule has 1 N–H and O–H groups in total. The van der Waals surface area contributed by atoms with Crippen LogP contribution in [0.5, 0.6) is 5.75 Å². The molecule has 0 amide bonds. The van der Waals surface area contributed by atoms with E-state index >= 15 is 0 Å². The lowest BCUT2D eigenvalue weighted by atomic mass is 9.89. The van der Waals surface area contributed by atoms with Crippen LogP contribution in [0.15, 0.2) is 18.2 Å². The Bertz CT molecular complexity index is 408. The van der Waals surface area contributed by atoms with Crippen molar-refractivity contribution in [1.82, 2.24) is 5.32 Å². The Morgan fingerprint density at radius 3 is 2.47 bits per heavy atom. The van der Waals surface area contributed by atoms with Crippen molar-refractivity contribution in [2.45, 2.75) is 58.6 Å². The molecule has 2 nitrogen and oxygen atoms in total. The molecular weight excluding hydrogens is 234 g/mol. The van der Waals surface area contributed by atoms with Crippen LogP contribution in [-0.4, -0.2) is 13.2 Å². The first-order valence-electron chi connectivity index (χ1n) is 7.54. The summed E-state index contributed by atoms with van der Waals surface area (Å²) in [6.07, 6.45) is 5.43. The first-order chi connectivity index (χ1) is 9.10. The number of hydrogen-bond donors (Lipinski definition) is 1. The zero-order chi connectivity index (χ0) is 13.8. The molecule has 2 heteroatoms. The maximum atomic E-state index is 6.18. The van der Waals surface area contributed by atoms with E-state index < -0.39 is 0 Å². The summed E-state index contributed by atoms with van der Waals surface area (Å²) in [4.78, 5) is 0. The SMILES string of the molecule is CNC(C)c1ccc(OC2CCC(C)CC2)c(C)c1. The van der Waals surface area contributed by atoms with E-state index in [0.717, 1.165) is 11.7 Å². The van der Waals surface area contributed by atoms with E-state index in [1.54, 1.807) is 0 Å². The molecule has 0 aromatic heterocycles. The zero-order valence-electron chi connectivity index (χ0n) is 12.7. The third kappa shape index (κ3) is 3.73. The summed E-state index contributed by atoms with van der Waals surface area (Å²) in [6.45, 7) is 6.67. The topological polar surface area (TPSA) is 21.3 Å². The van der Waals surface area contributed by atoms with Crippen LogP contribution in [0.2, 0.25) is 0 Å². The Kier molecular flexibility index (Phi) is 4.87. The highest BCUT2D eigenvalue weighted by atomic mass is 16.5. The molecular formula is C17H27NO. The Morgan fingerprint density at radius 2 is 1.89 bits per heavy atom. The fourth-order valence-corrected chi connectivity index (χ4v) is 2.77. The standard InChI is InChI=1S/C17H27NO/c1-12-5-8-16(9-6-12)19-17-10-7-15(11-13(17)2)14(3)18-4/h7,10-12,14,16,18H,5-6,8-9H2,1-4H3. The summed E-state index contributed by atoms with van der Waals surface area (Å²) in [6, 6.07) is 6.94. The van der Waals surface area contributed by atoms with Crippen LogP contribution in [0.1, 0.15) is 56.7 Å².